The number of halogens is 1. The monoisotopic (exact) mass is 186 g/mol. The van der Waals surface area contributed by atoms with E-state index in [9.17, 15) is 4.79 Å². The molecule has 0 amide bonds. The summed E-state index contributed by atoms with van der Waals surface area (Å²) in [6.07, 6.45) is 4.53. The van der Waals surface area contributed by atoms with E-state index < -0.39 is 0 Å². The number of carbonyl (C=O) groups excluding carboxylic acids is 1. The highest BCUT2D eigenvalue weighted by atomic mass is 35.5. The smallest absolute Gasteiger partial charge is 0.160 e. The zero-order chi connectivity index (χ0) is 8.10. The van der Waals surface area contributed by atoms with Gasteiger partial charge >= 0.3 is 0 Å². The first-order valence-corrected chi connectivity index (χ1v) is 4.55. The zero-order valence-electron chi connectivity index (χ0n) is 5.79. The van der Waals surface area contributed by atoms with Crippen molar-refractivity contribution in [1.29, 1.82) is 0 Å². The standard InChI is InChI=1S/C8H7ClOS/c9-4-1-2-7-3-5-11-8(7)6-10/h1-3,5-6H,4H2. The first-order valence-electron chi connectivity index (χ1n) is 3.13. The second-order valence-electron chi connectivity index (χ2n) is 1.91. The highest BCUT2D eigenvalue weighted by molar-refractivity contribution is 7.11. The lowest BCUT2D eigenvalue weighted by molar-refractivity contribution is 0.112. The molecule has 0 aliphatic heterocycles. The molecule has 0 aliphatic carbocycles. The molecule has 0 radical (unpaired) electrons. The van der Waals surface area contributed by atoms with Crippen LogP contribution in [0.2, 0.25) is 0 Å². The van der Waals surface area contributed by atoms with Gasteiger partial charge in [-0.15, -0.1) is 22.9 Å². The molecule has 58 valence electrons. The number of alkyl halides is 1. The van der Waals surface area contributed by atoms with E-state index in [1.807, 2.05) is 23.6 Å². The van der Waals surface area contributed by atoms with Gasteiger partial charge in [0, 0.05) is 5.88 Å². The predicted octanol–water partition coefficient (Wildman–Crippen LogP) is 2.81. The Morgan fingerprint density at radius 2 is 2.45 bits per heavy atom. The van der Waals surface area contributed by atoms with Gasteiger partial charge in [0.2, 0.25) is 0 Å². The second kappa shape index (κ2) is 4.31. The summed E-state index contributed by atoms with van der Waals surface area (Å²) in [4.78, 5) is 11.2. The van der Waals surface area contributed by atoms with E-state index in [1.54, 1.807) is 0 Å². The predicted molar refractivity (Wildman–Crippen MR) is 49.5 cm³/mol. The molecule has 0 aromatic carbocycles. The molecule has 0 N–H and O–H groups in total. The van der Waals surface area contributed by atoms with Crippen LogP contribution < -0.4 is 0 Å². The molecule has 1 aromatic heterocycles. The Balaban J connectivity index is 2.84. The molecule has 0 fully saturated rings. The van der Waals surface area contributed by atoms with E-state index in [0.717, 1.165) is 16.7 Å². The van der Waals surface area contributed by atoms with Crippen molar-refractivity contribution in [3.8, 4) is 0 Å². The lowest BCUT2D eigenvalue weighted by Gasteiger charge is -1.85. The number of allylic oxidation sites excluding steroid dienone is 1. The van der Waals surface area contributed by atoms with Crippen LogP contribution in [0.5, 0.6) is 0 Å². The third kappa shape index (κ3) is 2.17. The van der Waals surface area contributed by atoms with Crippen LogP contribution in [-0.4, -0.2) is 12.2 Å². The molecule has 0 atom stereocenters. The molecule has 0 aliphatic rings. The van der Waals surface area contributed by atoms with Crippen molar-refractivity contribution in [2.75, 3.05) is 5.88 Å². The van der Waals surface area contributed by atoms with Gasteiger partial charge in [0.25, 0.3) is 0 Å². The number of hydrogen-bond donors (Lipinski definition) is 0. The Bertz CT molecular complexity index is 265. The van der Waals surface area contributed by atoms with Crippen LogP contribution in [0.25, 0.3) is 6.08 Å². The van der Waals surface area contributed by atoms with Gasteiger partial charge in [-0.25, -0.2) is 0 Å². The van der Waals surface area contributed by atoms with Crippen molar-refractivity contribution in [3.63, 3.8) is 0 Å². The maximum absolute atomic E-state index is 10.4. The Hall–Kier alpha value is -0.600. The highest BCUT2D eigenvalue weighted by Gasteiger charge is 1.96. The summed E-state index contributed by atoms with van der Waals surface area (Å²) in [6.45, 7) is 0. The van der Waals surface area contributed by atoms with Crippen molar-refractivity contribution in [3.05, 3.63) is 28.0 Å². The fourth-order valence-electron chi connectivity index (χ4n) is 0.736. The molecular formula is C8H7ClOS. The zero-order valence-corrected chi connectivity index (χ0v) is 7.36. The summed E-state index contributed by atoms with van der Waals surface area (Å²) < 4.78 is 0. The summed E-state index contributed by atoms with van der Waals surface area (Å²) in [7, 11) is 0. The maximum atomic E-state index is 10.4. The Morgan fingerprint density at radius 3 is 3.09 bits per heavy atom. The third-order valence-corrected chi connectivity index (χ3v) is 2.26. The second-order valence-corrected chi connectivity index (χ2v) is 3.17. The van der Waals surface area contributed by atoms with E-state index in [1.165, 1.54) is 11.3 Å². The van der Waals surface area contributed by atoms with E-state index in [0.29, 0.717) is 5.88 Å². The molecule has 1 heterocycles. The molecule has 3 heteroatoms. The van der Waals surface area contributed by atoms with E-state index in [4.69, 9.17) is 11.6 Å². The van der Waals surface area contributed by atoms with E-state index in [2.05, 4.69) is 0 Å². The molecular weight excluding hydrogens is 180 g/mol. The van der Waals surface area contributed by atoms with Gasteiger partial charge < -0.3 is 0 Å². The van der Waals surface area contributed by atoms with Crippen molar-refractivity contribution < 1.29 is 4.79 Å². The van der Waals surface area contributed by atoms with Crippen LogP contribution >= 0.6 is 22.9 Å². The van der Waals surface area contributed by atoms with Gasteiger partial charge in [0.15, 0.2) is 6.29 Å². The van der Waals surface area contributed by atoms with Crippen molar-refractivity contribution in [2.45, 2.75) is 0 Å². The highest BCUT2D eigenvalue weighted by Crippen LogP contribution is 2.15. The average molecular weight is 187 g/mol. The van der Waals surface area contributed by atoms with Crippen molar-refractivity contribution in [1.82, 2.24) is 0 Å². The summed E-state index contributed by atoms with van der Waals surface area (Å²) in [6, 6.07) is 1.90. The summed E-state index contributed by atoms with van der Waals surface area (Å²) in [5.74, 6) is 0.480. The first-order chi connectivity index (χ1) is 5.38. The molecule has 0 spiro atoms. The van der Waals surface area contributed by atoms with Crippen LogP contribution in [-0.2, 0) is 0 Å². The molecule has 0 unspecified atom stereocenters. The number of hydrogen-bond acceptors (Lipinski definition) is 2. The van der Waals surface area contributed by atoms with E-state index >= 15 is 0 Å². The Kier molecular flexibility index (Phi) is 3.33. The van der Waals surface area contributed by atoms with Gasteiger partial charge in [0.1, 0.15) is 0 Å². The maximum Gasteiger partial charge on any atom is 0.160 e. The van der Waals surface area contributed by atoms with Gasteiger partial charge in [-0.1, -0.05) is 12.2 Å². The molecule has 1 rings (SSSR count). The molecule has 0 bridgehead atoms. The average Bonchev–Trinajstić information content (AvgIpc) is 2.47. The summed E-state index contributed by atoms with van der Waals surface area (Å²) in [5.41, 5.74) is 0.950. The summed E-state index contributed by atoms with van der Waals surface area (Å²) >= 11 is 6.88. The molecule has 1 nitrogen and oxygen atoms in total. The van der Waals surface area contributed by atoms with Gasteiger partial charge in [-0.05, 0) is 17.0 Å². The van der Waals surface area contributed by atoms with E-state index in [-0.39, 0.29) is 0 Å². The number of aldehydes is 1. The fraction of sp³-hybridized carbons (Fsp3) is 0.125. The minimum Gasteiger partial charge on any atom is -0.297 e. The minimum absolute atomic E-state index is 0.480. The van der Waals surface area contributed by atoms with Crippen molar-refractivity contribution >= 4 is 35.3 Å². The Morgan fingerprint density at radius 1 is 1.64 bits per heavy atom. The minimum atomic E-state index is 0.480. The van der Waals surface area contributed by atoms with Crippen LogP contribution in [0.1, 0.15) is 15.2 Å². The number of rotatable bonds is 3. The lowest BCUT2D eigenvalue weighted by Crippen LogP contribution is -1.74. The van der Waals surface area contributed by atoms with Gasteiger partial charge in [-0.3, -0.25) is 4.79 Å². The third-order valence-electron chi connectivity index (χ3n) is 1.22. The molecule has 0 saturated heterocycles. The van der Waals surface area contributed by atoms with Crippen LogP contribution in [0.3, 0.4) is 0 Å². The van der Waals surface area contributed by atoms with Crippen LogP contribution in [0, 0.1) is 0 Å². The quantitative estimate of drug-likeness (QED) is 0.524. The fourth-order valence-corrected chi connectivity index (χ4v) is 1.51. The van der Waals surface area contributed by atoms with Crippen LogP contribution in [0.4, 0.5) is 0 Å². The topological polar surface area (TPSA) is 17.1 Å². The Labute approximate surface area is 74.3 Å². The number of thiophene rings is 1. The molecule has 0 saturated carbocycles. The van der Waals surface area contributed by atoms with Gasteiger partial charge in [0.05, 0.1) is 4.88 Å². The lowest BCUT2D eigenvalue weighted by atomic mass is 10.2. The first kappa shape index (κ1) is 8.50. The van der Waals surface area contributed by atoms with Gasteiger partial charge in [-0.2, -0.15) is 0 Å². The summed E-state index contributed by atoms with van der Waals surface area (Å²) in [5, 5.41) is 1.89. The largest absolute Gasteiger partial charge is 0.297 e. The normalized spacial score (nSPS) is 10.6. The number of carbonyl (C=O) groups is 1. The molecule has 11 heavy (non-hydrogen) atoms. The van der Waals surface area contributed by atoms with Crippen molar-refractivity contribution in [2.24, 2.45) is 0 Å². The molecule has 1 aromatic rings. The SMILES string of the molecule is O=Cc1sccc1C=CCCl. The van der Waals surface area contributed by atoms with Crippen LogP contribution in [0.15, 0.2) is 17.5 Å².